The summed E-state index contributed by atoms with van der Waals surface area (Å²) in [5, 5.41) is 13.0. The summed E-state index contributed by atoms with van der Waals surface area (Å²) in [6.45, 7) is 2.76. The zero-order valence-corrected chi connectivity index (χ0v) is 14.9. The van der Waals surface area contributed by atoms with Gasteiger partial charge in [0, 0.05) is 36.8 Å². The van der Waals surface area contributed by atoms with Crippen LogP contribution in [0.3, 0.4) is 0 Å². The summed E-state index contributed by atoms with van der Waals surface area (Å²) >= 11 is 1.43. The van der Waals surface area contributed by atoms with Crippen molar-refractivity contribution in [2.24, 2.45) is 0 Å². The monoisotopic (exact) mass is 369 g/mol. The molecule has 1 atom stereocenters. The Labute approximate surface area is 155 Å². The molecule has 1 aliphatic heterocycles. The number of para-hydroxylation sites is 1. The summed E-state index contributed by atoms with van der Waals surface area (Å²) in [5.74, 6) is -0.183. The molecule has 26 heavy (non-hydrogen) atoms. The number of hydrogen-bond acceptors (Lipinski definition) is 6. The van der Waals surface area contributed by atoms with Crippen LogP contribution in [0.15, 0.2) is 48.1 Å². The second-order valence-electron chi connectivity index (χ2n) is 5.95. The van der Waals surface area contributed by atoms with Gasteiger partial charge in [-0.2, -0.15) is 5.10 Å². The Hall–Kier alpha value is -2.55. The van der Waals surface area contributed by atoms with Gasteiger partial charge in [-0.05, 0) is 12.1 Å². The predicted molar refractivity (Wildman–Crippen MR) is 99.6 cm³/mol. The molecule has 1 saturated heterocycles. The van der Waals surface area contributed by atoms with Gasteiger partial charge < -0.3 is 15.4 Å². The number of nitrogens with zero attached hydrogens (tertiary/aromatic N) is 3. The molecule has 8 heteroatoms. The van der Waals surface area contributed by atoms with Gasteiger partial charge in [0.1, 0.15) is 10.7 Å². The van der Waals surface area contributed by atoms with Crippen LogP contribution < -0.4 is 10.6 Å². The van der Waals surface area contributed by atoms with E-state index in [2.05, 4.69) is 20.7 Å². The molecule has 4 rings (SSSR count). The van der Waals surface area contributed by atoms with Gasteiger partial charge in [0.05, 0.1) is 24.6 Å². The zero-order chi connectivity index (χ0) is 17.8. The molecule has 0 spiro atoms. The van der Waals surface area contributed by atoms with E-state index in [1.54, 1.807) is 16.3 Å². The third kappa shape index (κ3) is 3.82. The predicted octanol–water partition coefficient (Wildman–Crippen LogP) is 1.71. The molecule has 1 fully saturated rings. The minimum absolute atomic E-state index is 0.00918. The molecule has 1 aliphatic rings. The van der Waals surface area contributed by atoms with Gasteiger partial charge in [-0.1, -0.05) is 18.2 Å². The van der Waals surface area contributed by atoms with Crippen LogP contribution in [0, 0.1) is 0 Å². The van der Waals surface area contributed by atoms with E-state index < -0.39 is 0 Å². The number of ether oxygens (including phenoxy) is 1. The highest BCUT2D eigenvalue weighted by molar-refractivity contribution is 7.13. The van der Waals surface area contributed by atoms with Gasteiger partial charge in [-0.3, -0.25) is 4.79 Å². The van der Waals surface area contributed by atoms with E-state index in [0.29, 0.717) is 18.8 Å². The van der Waals surface area contributed by atoms with Crippen LogP contribution in [-0.2, 0) is 4.74 Å². The van der Waals surface area contributed by atoms with Crippen molar-refractivity contribution in [2.75, 3.05) is 26.2 Å². The Bertz CT molecular complexity index is 871. The average Bonchev–Trinajstić information content (AvgIpc) is 3.37. The van der Waals surface area contributed by atoms with Crippen molar-refractivity contribution >= 4 is 17.2 Å². The summed E-state index contributed by atoms with van der Waals surface area (Å²) in [5.41, 5.74) is 2.29. The zero-order valence-electron chi connectivity index (χ0n) is 14.1. The van der Waals surface area contributed by atoms with Crippen molar-refractivity contribution < 1.29 is 9.53 Å². The Morgan fingerprint density at radius 2 is 2.27 bits per heavy atom. The standard InChI is InChI=1S/C18H19N5O2S/c24-17(20-10-15-9-19-6-7-25-15)16-12-26-18(22-16)13-8-21-23(11-13)14-4-2-1-3-5-14/h1-5,8,11-12,15,19H,6-7,9-10H2,(H,20,24)/t15-/m1/s1. The van der Waals surface area contributed by atoms with Gasteiger partial charge in [0.15, 0.2) is 0 Å². The molecular formula is C18H19N5O2S. The lowest BCUT2D eigenvalue weighted by Gasteiger charge is -2.23. The van der Waals surface area contributed by atoms with Gasteiger partial charge in [0.25, 0.3) is 5.91 Å². The molecule has 0 radical (unpaired) electrons. The first-order chi connectivity index (χ1) is 12.8. The first-order valence-corrected chi connectivity index (χ1v) is 9.34. The Morgan fingerprint density at radius 1 is 1.38 bits per heavy atom. The molecule has 3 heterocycles. The van der Waals surface area contributed by atoms with Crippen molar-refractivity contribution in [3.05, 3.63) is 53.8 Å². The number of carbonyl (C=O) groups excluding carboxylic acids is 1. The quantitative estimate of drug-likeness (QED) is 0.716. The molecule has 0 unspecified atom stereocenters. The van der Waals surface area contributed by atoms with E-state index in [-0.39, 0.29) is 12.0 Å². The van der Waals surface area contributed by atoms with Gasteiger partial charge >= 0.3 is 0 Å². The number of aromatic nitrogens is 3. The second kappa shape index (κ2) is 7.77. The van der Waals surface area contributed by atoms with E-state index in [1.165, 1.54) is 11.3 Å². The number of nitrogens with one attached hydrogen (secondary N) is 2. The van der Waals surface area contributed by atoms with Crippen molar-refractivity contribution in [2.45, 2.75) is 6.10 Å². The Morgan fingerprint density at radius 3 is 3.08 bits per heavy atom. The first-order valence-electron chi connectivity index (χ1n) is 8.46. The smallest absolute Gasteiger partial charge is 0.270 e. The van der Waals surface area contributed by atoms with Crippen LogP contribution in [0.2, 0.25) is 0 Å². The van der Waals surface area contributed by atoms with E-state index in [4.69, 9.17) is 4.74 Å². The number of carbonyl (C=O) groups is 1. The summed E-state index contributed by atoms with van der Waals surface area (Å²) in [6, 6.07) is 9.87. The molecular weight excluding hydrogens is 350 g/mol. The van der Waals surface area contributed by atoms with Crippen LogP contribution in [0.4, 0.5) is 0 Å². The number of benzene rings is 1. The lowest BCUT2D eigenvalue weighted by atomic mass is 10.3. The van der Waals surface area contributed by atoms with E-state index in [9.17, 15) is 4.79 Å². The van der Waals surface area contributed by atoms with E-state index in [0.717, 1.165) is 29.3 Å². The Balaban J connectivity index is 1.41. The number of hydrogen-bond donors (Lipinski definition) is 2. The number of thiazole rings is 1. The largest absolute Gasteiger partial charge is 0.374 e. The van der Waals surface area contributed by atoms with Crippen LogP contribution in [-0.4, -0.2) is 53.0 Å². The average molecular weight is 369 g/mol. The molecule has 7 nitrogen and oxygen atoms in total. The highest BCUT2D eigenvalue weighted by atomic mass is 32.1. The molecule has 3 aromatic rings. The van der Waals surface area contributed by atoms with Crippen LogP contribution >= 0.6 is 11.3 Å². The van der Waals surface area contributed by atoms with Gasteiger partial charge in [-0.25, -0.2) is 9.67 Å². The maximum atomic E-state index is 12.3. The first kappa shape index (κ1) is 16.9. The molecule has 0 saturated carbocycles. The number of morpholine rings is 1. The lowest BCUT2D eigenvalue weighted by molar-refractivity contribution is 0.0287. The lowest BCUT2D eigenvalue weighted by Crippen LogP contribution is -2.45. The molecule has 1 amide bonds. The van der Waals surface area contributed by atoms with Crippen LogP contribution in [0.1, 0.15) is 10.5 Å². The van der Waals surface area contributed by atoms with Crippen molar-refractivity contribution in [1.29, 1.82) is 0 Å². The molecule has 1 aromatic carbocycles. The highest BCUT2D eigenvalue weighted by Gasteiger charge is 2.17. The molecule has 2 N–H and O–H groups in total. The maximum Gasteiger partial charge on any atom is 0.270 e. The molecule has 0 bridgehead atoms. The summed E-state index contributed by atoms with van der Waals surface area (Å²) in [7, 11) is 0. The molecule has 0 aliphatic carbocycles. The van der Waals surface area contributed by atoms with Crippen LogP contribution in [0.25, 0.3) is 16.3 Å². The van der Waals surface area contributed by atoms with Crippen LogP contribution in [0.5, 0.6) is 0 Å². The Kier molecular flexibility index (Phi) is 5.05. The second-order valence-corrected chi connectivity index (χ2v) is 6.81. The fraction of sp³-hybridized carbons (Fsp3) is 0.278. The van der Waals surface area contributed by atoms with Gasteiger partial charge in [-0.15, -0.1) is 11.3 Å². The SMILES string of the molecule is O=C(NC[C@H]1CNCCO1)c1csc(-c2cnn(-c3ccccc3)c2)n1. The number of rotatable bonds is 5. The summed E-state index contributed by atoms with van der Waals surface area (Å²) < 4.78 is 7.37. The topological polar surface area (TPSA) is 81.1 Å². The fourth-order valence-corrected chi connectivity index (χ4v) is 3.49. The normalized spacial score (nSPS) is 17.2. The van der Waals surface area contributed by atoms with Crippen molar-refractivity contribution in [1.82, 2.24) is 25.4 Å². The van der Waals surface area contributed by atoms with Crippen molar-refractivity contribution in [3.8, 4) is 16.3 Å². The minimum Gasteiger partial charge on any atom is -0.374 e. The third-order valence-corrected chi connectivity index (χ3v) is 4.97. The fourth-order valence-electron chi connectivity index (χ4n) is 2.71. The van der Waals surface area contributed by atoms with Gasteiger partial charge in [0.2, 0.25) is 0 Å². The highest BCUT2D eigenvalue weighted by Crippen LogP contribution is 2.24. The van der Waals surface area contributed by atoms with E-state index in [1.807, 2.05) is 36.5 Å². The summed E-state index contributed by atoms with van der Waals surface area (Å²) in [6.07, 6.45) is 3.68. The van der Waals surface area contributed by atoms with Crippen molar-refractivity contribution in [3.63, 3.8) is 0 Å². The third-order valence-electron chi connectivity index (χ3n) is 4.08. The number of amides is 1. The van der Waals surface area contributed by atoms with E-state index >= 15 is 0 Å². The molecule has 134 valence electrons. The summed E-state index contributed by atoms with van der Waals surface area (Å²) in [4.78, 5) is 16.7. The molecule has 2 aromatic heterocycles. The maximum absolute atomic E-state index is 12.3. The minimum atomic E-state index is -0.183.